The molecule has 0 unspecified atom stereocenters. The molecule has 0 aliphatic carbocycles. The Labute approximate surface area is 228 Å². The summed E-state index contributed by atoms with van der Waals surface area (Å²) in [5.74, 6) is 0.274. The van der Waals surface area contributed by atoms with Crippen molar-refractivity contribution in [2.24, 2.45) is 5.92 Å². The third kappa shape index (κ3) is 6.58. The molecule has 2 saturated heterocycles. The first kappa shape index (κ1) is 27.3. The number of hydrogen-bond donors (Lipinski definition) is 2. The van der Waals surface area contributed by atoms with Gasteiger partial charge in [-0.2, -0.15) is 0 Å². The van der Waals surface area contributed by atoms with Crippen LogP contribution in [0.25, 0.3) is 0 Å². The molecule has 2 heterocycles. The molecule has 0 atom stereocenters. The van der Waals surface area contributed by atoms with Crippen molar-refractivity contribution >= 4 is 51.9 Å². The summed E-state index contributed by atoms with van der Waals surface area (Å²) in [6.07, 6.45) is 2.49. The first-order valence-electron chi connectivity index (χ1n) is 13.0. The van der Waals surface area contributed by atoms with Crippen LogP contribution in [0.4, 0.5) is 22.7 Å². The maximum absolute atomic E-state index is 12.8. The zero-order chi connectivity index (χ0) is 27.2. The van der Waals surface area contributed by atoms with E-state index in [1.165, 1.54) is 6.07 Å². The second kappa shape index (κ2) is 12.2. The standard InChI is InChI=1S/C27H34N6O4S/c1-3-25(34)32-16-14-30(15-17-32)22-7-5-21(6-8-22)28-27(38)29-26(35)20-4-9-23(24(18-20)33(36)37)31-12-10-19(2)11-13-31/h4-9,18-19H,3,10-17H2,1-2H3,(H2,28,29,35,38). The normalized spacial score (nSPS) is 16.2. The lowest BCUT2D eigenvalue weighted by Crippen LogP contribution is -2.48. The molecule has 2 aliphatic heterocycles. The number of thiocarbonyl (C=S) groups is 1. The Bertz CT molecular complexity index is 1190. The molecule has 38 heavy (non-hydrogen) atoms. The maximum Gasteiger partial charge on any atom is 0.293 e. The Balaban J connectivity index is 1.33. The molecule has 4 rings (SSSR count). The summed E-state index contributed by atoms with van der Waals surface area (Å²) in [5, 5.41) is 17.5. The summed E-state index contributed by atoms with van der Waals surface area (Å²) in [6, 6.07) is 12.2. The van der Waals surface area contributed by atoms with E-state index >= 15 is 0 Å². The Hall–Kier alpha value is -3.73. The summed E-state index contributed by atoms with van der Waals surface area (Å²) in [7, 11) is 0. The summed E-state index contributed by atoms with van der Waals surface area (Å²) in [5.41, 5.74) is 2.38. The van der Waals surface area contributed by atoms with Crippen LogP contribution in [0.2, 0.25) is 0 Å². The van der Waals surface area contributed by atoms with Crippen molar-refractivity contribution in [2.75, 3.05) is 54.4 Å². The van der Waals surface area contributed by atoms with E-state index in [0.29, 0.717) is 36.8 Å². The number of piperidine rings is 1. The molecule has 0 saturated carbocycles. The highest BCUT2D eigenvalue weighted by Crippen LogP contribution is 2.32. The summed E-state index contributed by atoms with van der Waals surface area (Å²) in [6.45, 7) is 8.54. The number of benzene rings is 2. The number of piperazine rings is 1. The van der Waals surface area contributed by atoms with Gasteiger partial charge in [0, 0.05) is 68.7 Å². The predicted octanol–water partition coefficient (Wildman–Crippen LogP) is 4.02. The fourth-order valence-electron chi connectivity index (χ4n) is 4.86. The minimum atomic E-state index is -0.513. The third-order valence-electron chi connectivity index (χ3n) is 7.21. The van der Waals surface area contributed by atoms with Crippen LogP contribution >= 0.6 is 12.2 Å². The van der Waals surface area contributed by atoms with Crippen LogP contribution in [0.5, 0.6) is 0 Å². The van der Waals surface area contributed by atoms with Crippen LogP contribution in [0.1, 0.15) is 43.5 Å². The molecule has 2 amide bonds. The van der Waals surface area contributed by atoms with Gasteiger partial charge in [0.25, 0.3) is 11.6 Å². The monoisotopic (exact) mass is 538 g/mol. The van der Waals surface area contributed by atoms with Crippen LogP contribution in [-0.4, -0.2) is 66.0 Å². The highest BCUT2D eigenvalue weighted by atomic mass is 32.1. The summed E-state index contributed by atoms with van der Waals surface area (Å²) < 4.78 is 0. The van der Waals surface area contributed by atoms with E-state index in [2.05, 4.69) is 22.5 Å². The molecule has 11 heteroatoms. The van der Waals surface area contributed by atoms with Gasteiger partial charge in [0.2, 0.25) is 5.91 Å². The van der Waals surface area contributed by atoms with Gasteiger partial charge < -0.3 is 20.0 Å². The van der Waals surface area contributed by atoms with Gasteiger partial charge in [-0.3, -0.25) is 25.0 Å². The molecular weight excluding hydrogens is 504 g/mol. The lowest BCUT2D eigenvalue weighted by atomic mass is 9.98. The van der Waals surface area contributed by atoms with E-state index in [1.54, 1.807) is 12.1 Å². The molecule has 0 radical (unpaired) electrons. The highest BCUT2D eigenvalue weighted by molar-refractivity contribution is 7.80. The van der Waals surface area contributed by atoms with Gasteiger partial charge in [0.15, 0.2) is 5.11 Å². The second-order valence-electron chi connectivity index (χ2n) is 9.81. The van der Waals surface area contributed by atoms with Crippen LogP contribution in [0.3, 0.4) is 0 Å². The van der Waals surface area contributed by atoms with E-state index in [4.69, 9.17) is 12.2 Å². The Morgan fingerprint density at radius 3 is 2.26 bits per heavy atom. The lowest BCUT2D eigenvalue weighted by Gasteiger charge is -2.36. The number of carbonyl (C=O) groups is 2. The van der Waals surface area contributed by atoms with Gasteiger partial charge in [-0.25, -0.2) is 0 Å². The van der Waals surface area contributed by atoms with Crippen molar-refractivity contribution in [3.05, 3.63) is 58.1 Å². The number of nitrogens with zero attached hydrogens (tertiary/aromatic N) is 4. The maximum atomic E-state index is 12.8. The molecule has 2 aromatic carbocycles. The molecule has 2 fully saturated rings. The van der Waals surface area contributed by atoms with Crippen LogP contribution in [-0.2, 0) is 4.79 Å². The van der Waals surface area contributed by atoms with Crippen molar-refractivity contribution in [1.82, 2.24) is 10.2 Å². The van der Waals surface area contributed by atoms with Gasteiger partial charge >= 0.3 is 0 Å². The fraction of sp³-hybridized carbons (Fsp3) is 0.444. The number of amides is 2. The average Bonchev–Trinajstić information content (AvgIpc) is 2.93. The summed E-state index contributed by atoms with van der Waals surface area (Å²) in [4.78, 5) is 42.1. The number of nitro groups is 1. The van der Waals surface area contributed by atoms with Crippen molar-refractivity contribution < 1.29 is 14.5 Å². The fourth-order valence-corrected chi connectivity index (χ4v) is 5.07. The number of nitro benzene ring substituents is 1. The molecular formula is C27H34N6O4S. The molecule has 0 bridgehead atoms. The molecule has 2 aromatic rings. The van der Waals surface area contributed by atoms with Gasteiger partial charge in [0.1, 0.15) is 5.69 Å². The van der Waals surface area contributed by atoms with Crippen molar-refractivity contribution in [1.29, 1.82) is 0 Å². The molecule has 0 spiro atoms. The van der Waals surface area contributed by atoms with Crippen LogP contribution in [0.15, 0.2) is 42.5 Å². The SMILES string of the molecule is CCC(=O)N1CCN(c2ccc(NC(=S)NC(=O)c3ccc(N4CCC(C)CC4)c([N+](=O)[O-])c3)cc2)CC1. The molecule has 202 valence electrons. The zero-order valence-corrected chi connectivity index (χ0v) is 22.6. The number of carbonyl (C=O) groups excluding carboxylic acids is 2. The van der Waals surface area contributed by atoms with E-state index < -0.39 is 10.8 Å². The molecule has 2 aliphatic rings. The Morgan fingerprint density at radius 2 is 1.66 bits per heavy atom. The van der Waals surface area contributed by atoms with E-state index in [9.17, 15) is 19.7 Å². The minimum absolute atomic E-state index is 0.0819. The molecule has 2 N–H and O–H groups in total. The topological polar surface area (TPSA) is 111 Å². The van der Waals surface area contributed by atoms with Gasteiger partial charge in [-0.1, -0.05) is 13.8 Å². The highest BCUT2D eigenvalue weighted by Gasteiger charge is 2.25. The first-order valence-corrected chi connectivity index (χ1v) is 13.4. The van der Waals surface area contributed by atoms with E-state index in [-0.39, 0.29) is 22.3 Å². The van der Waals surface area contributed by atoms with Crippen molar-refractivity contribution in [2.45, 2.75) is 33.1 Å². The van der Waals surface area contributed by atoms with Gasteiger partial charge in [0.05, 0.1) is 4.92 Å². The van der Waals surface area contributed by atoms with Gasteiger partial charge in [-0.15, -0.1) is 0 Å². The summed E-state index contributed by atoms with van der Waals surface area (Å²) >= 11 is 5.31. The average molecular weight is 539 g/mol. The van der Waals surface area contributed by atoms with E-state index in [1.807, 2.05) is 41.0 Å². The third-order valence-corrected chi connectivity index (χ3v) is 7.41. The molecule has 10 nitrogen and oxygen atoms in total. The largest absolute Gasteiger partial charge is 0.368 e. The van der Waals surface area contributed by atoms with Crippen molar-refractivity contribution in [3.8, 4) is 0 Å². The second-order valence-corrected chi connectivity index (χ2v) is 10.2. The lowest BCUT2D eigenvalue weighted by molar-refractivity contribution is -0.384. The van der Waals surface area contributed by atoms with Crippen LogP contribution < -0.4 is 20.4 Å². The van der Waals surface area contributed by atoms with E-state index in [0.717, 1.165) is 44.7 Å². The minimum Gasteiger partial charge on any atom is -0.368 e. The quantitative estimate of drug-likeness (QED) is 0.322. The first-order chi connectivity index (χ1) is 18.2. The molecule has 0 aromatic heterocycles. The number of rotatable bonds is 6. The number of nitrogens with one attached hydrogen (secondary N) is 2. The Kier molecular flexibility index (Phi) is 8.77. The smallest absolute Gasteiger partial charge is 0.293 e. The Morgan fingerprint density at radius 1 is 1.00 bits per heavy atom. The van der Waals surface area contributed by atoms with Crippen LogP contribution in [0, 0.1) is 16.0 Å². The van der Waals surface area contributed by atoms with Crippen molar-refractivity contribution in [3.63, 3.8) is 0 Å². The van der Waals surface area contributed by atoms with Gasteiger partial charge in [-0.05, 0) is 67.4 Å². The zero-order valence-electron chi connectivity index (χ0n) is 21.8. The number of hydrogen-bond acceptors (Lipinski definition) is 7. The number of anilines is 3. The predicted molar refractivity (Wildman–Crippen MR) is 153 cm³/mol.